The number of rotatable bonds is 9. The van der Waals surface area contributed by atoms with Gasteiger partial charge in [0.05, 0.1) is 24.1 Å². The minimum absolute atomic E-state index is 0.161. The van der Waals surface area contributed by atoms with E-state index in [1.165, 1.54) is 0 Å². The van der Waals surface area contributed by atoms with Gasteiger partial charge in [-0.1, -0.05) is 71.6 Å². The molecule has 0 radical (unpaired) electrons. The van der Waals surface area contributed by atoms with Crippen molar-refractivity contribution in [3.8, 4) is 0 Å². The largest absolute Gasteiger partial charge is 0.501 e. The number of aromatic nitrogens is 1. The summed E-state index contributed by atoms with van der Waals surface area (Å²) in [5.41, 5.74) is 5.04. The molecule has 0 aliphatic rings. The second kappa shape index (κ2) is 10.1. The zero-order valence-electron chi connectivity index (χ0n) is 17.7. The van der Waals surface area contributed by atoms with Gasteiger partial charge in [0.2, 0.25) is 0 Å². The number of ketones is 1. The number of carbonyl (C=O) groups is 1. The lowest BCUT2D eigenvalue weighted by molar-refractivity contribution is 0.103. The van der Waals surface area contributed by atoms with E-state index in [1.54, 1.807) is 26.3 Å². The summed E-state index contributed by atoms with van der Waals surface area (Å²) in [6.45, 7) is 10.7. The van der Waals surface area contributed by atoms with Gasteiger partial charge in [0.15, 0.2) is 5.78 Å². The maximum Gasteiger partial charge on any atom is 0.198 e. The molecule has 0 saturated carbocycles. The van der Waals surface area contributed by atoms with Crippen LogP contribution < -0.4 is 5.32 Å². The molecule has 0 fully saturated rings. The fourth-order valence-electron chi connectivity index (χ4n) is 3.15. The van der Waals surface area contributed by atoms with Gasteiger partial charge in [0, 0.05) is 22.8 Å². The van der Waals surface area contributed by atoms with E-state index in [2.05, 4.69) is 39.4 Å². The molecule has 0 atom stereocenters. The summed E-state index contributed by atoms with van der Waals surface area (Å²) in [5, 5.41) is 3.29. The number of H-pyrrole nitrogens is 1. The van der Waals surface area contributed by atoms with Gasteiger partial charge in [0.25, 0.3) is 0 Å². The lowest BCUT2D eigenvalue weighted by atomic mass is 9.93. The Labute approximate surface area is 191 Å². The lowest BCUT2D eigenvalue weighted by Crippen LogP contribution is -2.11. The van der Waals surface area contributed by atoms with Crippen molar-refractivity contribution in [1.29, 1.82) is 0 Å². The second-order valence-corrected chi connectivity index (χ2v) is 7.99. The Morgan fingerprint density at radius 3 is 2.39 bits per heavy atom. The van der Waals surface area contributed by atoms with Gasteiger partial charge in [-0.3, -0.25) is 4.79 Å². The second-order valence-electron chi connectivity index (χ2n) is 7.07. The number of Topliss-reactive ketones (excluding diaryl/α,β-unsaturated/α-hetero) is 1. The summed E-state index contributed by atoms with van der Waals surface area (Å²) < 4.78 is 6.37. The Morgan fingerprint density at radius 1 is 1.06 bits per heavy atom. The van der Waals surface area contributed by atoms with E-state index in [4.69, 9.17) is 4.74 Å². The molecule has 3 aromatic rings. The van der Waals surface area contributed by atoms with E-state index in [0.717, 1.165) is 21.3 Å². The Morgan fingerprint density at radius 2 is 1.74 bits per heavy atom. The number of nitrogens with one attached hydrogen (secondary N) is 2. The van der Waals surface area contributed by atoms with Crippen molar-refractivity contribution >= 4 is 33.0 Å². The van der Waals surface area contributed by atoms with Crippen molar-refractivity contribution in [3.05, 3.63) is 118 Å². The number of ether oxygens (including phenoxy) is 1. The zero-order valence-corrected chi connectivity index (χ0v) is 19.3. The smallest absolute Gasteiger partial charge is 0.198 e. The van der Waals surface area contributed by atoms with Gasteiger partial charge in [-0.25, -0.2) is 0 Å². The predicted octanol–water partition coefficient (Wildman–Crippen LogP) is 6.35. The van der Waals surface area contributed by atoms with Crippen molar-refractivity contribution in [1.82, 2.24) is 10.3 Å². The van der Waals surface area contributed by atoms with Crippen molar-refractivity contribution in [2.75, 3.05) is 7.11 Å². The molecule has 31 heavy (non-hydrogen) atoms. The number of hydrogen-bond acceptors (Lipinski definition) is 3. The molecular weight excluding hydrogens is 452 g/mol. The molecule has 158 valence electrons. The summed E-state index contributed by atoms with van der Waals surface area (Å²) >= 11 is 3.43. The first-order valence-electron chi connectivity index (χ1n) is 9.81. The quantitative estimate of drug-likeness (QED) is 0.163. The van der Waals surface area contributed by atoms with Crippen LogP contribution >= 0.6 is 15.9 Å². The Bertz CT molecular complexity index is 1130. The molecular formula is C26H25BrN2O2. The van der Waals surface area contributed by atoms with Gasteiger partial charge in [0.1, 0.15) is 5.76 Å². The maximum atomic E-state index is 13.4. The monoisotopic (exact) mass is 476 g/mol. The standard InChI is InChI=1S/C26H25BrN2O2/c1-17(21-10-12-23(27)13-11-21)25(19(3)31-4)26(30)22-14-24(29-16-22)18(2)28-15-20-8-6-5-7-9-20/h5-14,16,28-29H,1-2,15H2,3-4H3/b25-19+. The predicted molar refractivity (Wildman–Crippen MR) is 130 cm³/mol. The van der Waals surface area contributed by atoms with E-state index in [0.29, 0.717) is 34.7 Å². The normalized spacial score (nSPS) is 11.5. The summed E-state index contributed by atoms with van der Waals surface area (Å²) in [6.07, 6.45) is 1.69. The van der Waals surface area contributed by atoms with Crippen LogP contribution in [0.1, 0.15) is 34.1 Å². The number of hydrogen-bond donors (Lipinski definition) is 2. The molecule has 5 heteroatoms. The molecule has 1 heterocycles. The van der Waals surface area contributed by atoms with Gasteiger partial charge < -0.3 is 15.0 Å². The summed E-state index contributed by atoms with van der Waals surface area (Å²) in [7, 11) is 1.55. The Kier molecular flexibility index (Phi) is 7.32. The maximum absolute atomic E-state index is 13.4. The molecule has 0 aliphatic carbocycles. The number of aromatic amines is 1. The fourth-order valence-corrected chi connectivity index (χ4v) is 3.42. The summed E-state index contributed by atoms with van der Waals surface area (Å²) in [5.74, 6) is 0.354. The number of halogens is 1. The van der Waals surface area contributed by atoms with Crippen molar-refractivity contribution in [3.63, 3.8) is 0 Å². The number of benzene rings is 2. The first-order valence-corrected chi connectivity index (χ1v) is 10.6. The highest BCUT2D eigenvalue weighted by Crippen LogP contribution is 2.29. The van der Waals surface area contributed by atoms with E-state index < -0.39 is 0 Å². The molecule has 0 bridgehead atoms. The highest BCUT2D eigenvalue weighted by atomic mass is 79.9. The highest BCUT2D eigenvalue weighted by molar-refractivity contribution is 9.10. The first-order chi connectivity index (χ1) is 14.9. The van der Waals surface area contributed by atoms with Crippen molar-refractivity contribution < 1.29 is 9.53 Å². The molecule has 0 saturated heterocycles. The van der Waals surface area contributed by atoms with Crippen molar-refractivity contribution in [2.45, 2.75) is 13.5 Å². The Balaban J connectivity index is 1.80. The highest BCUT2D eigenvalue weighted by Gasteiger charge is 2.22. The van der Waals surface area contributed by atoms with Crippen LogP contribution in [0.5, 0.6) is 0 Å². The lowest BCUT2D eigenvalue weighted by Gasteiger charge is -2.13. The third-order valence-corrected chi connectivity index (χ3v) is 5.53. The van der Waals surface area contributed by atoms with E-state index >= 15 is 0 Å². The van der Waals surface area contributed by atoms with Crippen LogP contribution in [0.15, 0.2) is 95.8 Å². The number of allylic oxidation sites excluding steroid dienone is 3. The SMILES string of the molecule is C=C(/C(C(=O)c1c[nH]c(C(=C)NCc2ccccc2)c1)=C(/C)OC)c1ccc(Br)cc1. The van der Waals surface area contributed by atoms with Crippen LogP contribution in [0.3, 0.4) is 0 Å². The Hall–Kier alpha value is -3.31. The van der Waals surface area contributed by atoms with Gasteiger partial charge in [-0.15, -0.1) is 0 Å². The van der Waals surface area contributed by atoms with E-state index in [-0.39, 0.29) is 5.78 Å². The minimum atomic E-state index is -0.161. The van der Waals surface area contributed by atoms with Gasteiger partial charge >= 0.3 is 0 Å². The summed E-state index contributed by atoms with van der Waals surface area (Å²) in [4.78, 5) is 16.5. The fraction of sp³-hybridized carbons (Fsp3) is 0.115. The molecule has 0 aliphatic heterocycles. The third kappa shape index (κ3) is 5.44. The van der Waals surface area contributed by atoms with Crippen LogP contribution in [-0.2, 0) is 11.3 Å². The molecule has 0 unspecified atom stereocenters. The molecule has 2 aromatic carbocycles. The molecule has 2 N–H and O–H groups in total. The molecule has 4 nitrogen and oxygen atoms in total. The van der Waals surface area contributed by atoms with E-state index in [9.17, 15) is 4.79 Å². The van der Waals surface area contributed by atoms with Crippen LogP contribution in [0.4, 0.5) is 0 Å². The van der Waals surface area contributed by atoms with Crippen LogP contribution in [-0.4, -0.2) is 17.9 Å². The topological polar surface area (TPSA) is 54.1 Å². The van der Waals surface area contributed by atoms with Gasteiger partial charge in [-0.2, -0.15) is 0 Å². The van der Waals surface area contributed by atoms with Crippen LogP contribution in [0.25, 0.3) is 11.3 Å². The van der Waals surface area contributed by atoms with E-state index in [1.807, 2.05) is 54.6 Å². The summed E-state index contributed by atoms with van der Waals surface area (Å²) in [6, 6.07) is 19.5. The number of methoxy groups -OCH3 is 1. The molecule has 3 rings (SSSR count). The van der Waals surface area contributed by atoms with Crippen LogP contribution in [0.2, 0.25) is 0 Å². The molecule has 0 spiro atoms. The third-order valence-electron chi connectivity index (χ3n) is 5.00. The molecule has 1 aromatic heterocycles. The van der Waals surface area contributed by atoms with Crippen LogP contribution in [0, 0.1) is 0 Å². The average molecular weight is 477 g/mol. The zero-order chi connectivity index (χ0) is 22.4. The van der Waals surface area contributed by atoms with Crippen molar-refractivity contribution in [2.24, 2.45) is 0 Å². The molecule has 0 amide bonds. The first kappa shape index (κ1) is 22.4. The minimum Gasteiger partial charge on any atom is -0.501 e. The number of carbonyl (C=O) groups excluding carboxylic acids is 1. The average Bonchev–Trinajstić information content (AvgIpc) is 3.29. The van der Waals surface area contributed by atoms with Gasteiger partial charge in [-0.05, 0) is 41.8 Å².